The molecule has 1 atom stereocenters. The Morgan fingerprint density at radius 2 is 2.22 bits per heavy atom. The van der Waals surface area contributed by atoms with E-state index < -0.39 is 0 Å². The predicted octanol–water partition coefficient (Wildman–Crippen LogP) is 1.82. The van der Waals surface area contributed by atoms with Crippen LogP contribution in [0.3, 0.4) is 0 Å². The Kier molecular flexibility index (Phi) is 2.83. The minimum Gasteiger partial charge on any atom is -0.368 e. The first-order valence-electron chi connectivity index (χ1n) is 6.18. The van der Waals surface area contributed by atoms with Gasteiger partial charge in [-0.15, -0.1) is 0 Å². The second-order valence-corrected chi connectivity index (χ2v) is 4.65. The highest BCUT2D eigenvalue weighted by Crippen LogP contribution is 2.29. The van der Waals surface area contributed by atoms with E-state index in [1.165, 1.54) is 6.07 Å². The van der Waals surface area contributed by atoms with Crippen LogP contribution in [0.25, 0.3) is 10.9 Å². The molecule has 1 saturated heterocycles. The molecule has 0 spiro atoms. The van der Waals surface area contributed by atoms with Gasteiger partial charge in [-0.05, 0) is 25.5 Å². The third-order valence-corrected chi connectivity index (χ3v) is 3.41. The number of nitrogen functional groups attached to an aromatic ring is 1. The summed E-state index contributed by atoms with van der Waals surface area (Å²) in [5.74, 6) is 0.0909. The Morgan fingerprint density at radius 3 is 3.00 bits per heavy atom. The second kappa shape index (κ2) is 4.49. The van der Waals surface area contributed by atoms with E-state index in [0.29, 0.717) is 5.52 Å². The number of aromatic nitrogens is 2. The van der Waals surface area contributed by atoms with Gasteiger partial charge in [0.1, 0.15) is 11.3 Å². The molecule has 1 aliphatic rings. The molecule has 2 heterocycles. The summed E-state index contributed by atoms with van der Waals surface area (Å²) in [4.78, 5) is 8.33. The fraction of sp³-hybridized carbons (Fsp3) is 0.385. The van der Waals surface area contributed by atoms with Gasteiger partial charge < -0.3 is 11.1 Å². The molecule has 3 N–H and O–H groups in total. The average Bonchev–Trinajstić information content (AvgIpc) is 2.40. The fourth-order valence-electron chi connectivity index (χ4n) is 2.56. The van der Waals surface area contributed by atoms with E-state index in [9.17, 15) is 4.39 Å². The Hall–Kier alpha value is -1.75. The highest BCUT2D eigenvalue weighted by molar-refractivity contribution is 5.82. The summed E-state index contributed by atoms with van der Waals surface area (Å²) in [5, 5.41) is 4.11. The van der Waals surface area contributed by atoms with Crippen molar-refractivity contribution in [2.75, 3.05) is 18.8 Å². The van der Waals surface area contributed by atoms with Crippen molar-refractivity contribution in [2.24, 2.45) is 0 Å². The molecule has 1 aromatic carbocycles. The quantitative estimate of drug-likeness (QED) is 0.805. The van der Waals surface area contributed by atoms with Gasteiger partial charge in [-0.2, -0.15) is 0 Å². The van der Waals surface area contributed by atoms with Crippen LogP contribution in [-0.2, 0) is 0 Å². The maximum absolute atomic E-state index is 13.8. The maximum Gasteiger partial charge on any atom is 0.220 e. The maximum atomic E-state index is 13.8. The molecule has 4 nitrogen and oxygen atoms in total. The monoisotopic (exact) mass is 246 g/mol. The number of fused-ring (bicyclic) bond motifs is 1. The van der Waals surface area contributed by atoms with E-state index in [4.69, 9.17) is 5.73 Å². The number of nitrogens with zero attached hydrogens (tertiary/aromatic N) is 2. The lowest BCUT2D eigenvalue weighted by Gasteiger charge is -2.23. The largest absolute Gasteiger partial charge is 0.368 e. The zero-order chi connectivity index (χ0) is 12.5. The molecule has 2 aromatic rings. The smallest absolute Gasteiger partial charge is 0.220 e. The van der Waals surface area contributed by atoms with Crippen LogP contribution in [0.5, 0.6) is 0 Å². The Morgan fingerprint density at radius 1 is 1.33 bits per heavy atom. The average molecular weight is 246 g/mol. The Bertz CT molecular complexity index is 578. The lowest BCUT2D eigenvalue weighted by atomic mass is 9.93. The molecule has 1 aromatic heterocycles. The van der Waals surface area contributed by atoms with E-state index in [-0.39, 0.29) is 17.7 Å². The van der Waals surface area contributed by atoms with Crippen LogP contribution in [0.4, 0.5) is 10.3 Å². The van der Waals surface area contributed by atoms with Gasteiger partial charge in [0.15, 0.2) is 0 Å². The van der Waals surface area contributed by atoms with E-state index in [0.717, 1.165) is 37.0 Å². The van der Waals surface area contributed by atoms with Crippen LogP contribution in [0.2, 0.25) is 0 Å². The number of piperidine rings is 1. The van der Waals surface area contributed by atoms with E-state index in [1.807, 2.05) is 6.07 Å². The molecular weight excluding hydrogens is 231 g/mol. The zero-order valence-electron chi connectivity index (χ0n) is 9.99. The van der Waals surface area contributed by atoms with Gasteiger partial charge in [0.2, 0.25) is 5.95 Å². The molecule has 1 fully saturated rings. The Balaban J connectivity index is 2.18. The van der Waals surface area contributed by atoms with Crippen molar-refractivity contribution in [3.8, 4) is 0 Å². The van der Waals surface area contributed by atoms with Crippen molar-refractivity contribution in [3.63, 3.8) is 0 Å². The normalized spacial score (nSPS) is 20.2. The van der Waals surface area contributed by atoms with Crippen molar-refractivity contribution in [2.45, 2.75) is 18.8 Å². The van der Waals surface area contributed by atoms with Crippen molar-refractivity contribution >= 4 is 16.9 Å². The van der Waals surface area contributed by atoms with Crippen molar-refractivity contribution in [1.82, 2.24) is 15.3 Å². The number of rotatable bonds is 1. The first-order chi connectivity index (χ1) is 8.75. The summed E-state index contributed by atoms with van der Waals surface area (Å²) >= 11 is 0. The Labute approximate surface area is 104 Å². The summed E-state index contributed by atoms with van der Waals surface area (Å²) in [6.07, 6.45) is 2.15. The summed E-state index contributed by atoms with van der Waals surface area (Å²) in [6, 6.07) is 4.95. The summed E-state index contributed by atoms with van der Waals surface area (Å²) < 4.78 is 13.8. The zero-order valence-corrected chi connectivity index (χ0v) is 9.99. The molecule has 18 heavy (non-hydrogen) atoms. The van der Waals surface area contributed by atoms with Gasteiger partial charge in [-0.1, -0.05) is 12.1 Å². The van der Waals surface area contributed by atoms with Gasteiger partial charge in [0.05, 0.1) is 5.69 Å². The SMILES string of the molecule is Nc1nc(C2CCCNC2)c2cccc(F)c2n1. The predicted molar refractivity (Wildman–Crippen MR) is 68.8 cm³/mol. The van der Waals surface area contributed by atoms with E-state index in [1.54, 1.807) is 6.07 Å². The minimum atomic E-state index is -0.341. The van der Waals surface area contributed by atoms with E-state index in [2.05, 4.69) is 15.3 Å². The summed E-state index contributed by atoms with van der Waals surface area (Å²) in [7, 11) is 0. The number of anilines is 1. The minimum absolute atomic E-state index is 0.146. The molecule has 94 valence electrons. The lowest BCUT2D eigenvalue weighted by molar-refractivity contribution is 0.457. The van der Waals surface area contributed by atoms with Crippen LogP contribution in [0, 0.1) is 5.82 Å². The third-order valence-electron chi connectivity index (χ3n) is 3.41. The molecule has 0 saturated carbocycles. The lowest BCUT2D eigenvalue weighted by Crippen LogP contribution is -2.29. The number of hydrogen-bond donors (Lipinski definition) is 2. The molecule has 0 aliphatic carbocycles. The summed E-state index contributed by atoms with van der Waals surface area (Å²) in [5.41, 5.74) is 6.88. The number of hydrogen-bond acceptors (Lipinski definition) is 4. The van der Waals surface area contributed by atoms with Gasteiger partial charge in [-0.3, -0.25) is 0 Å². The van der Waals surface area contributed by atoms with Gasteiger partial charge >= 0.3 is 0 Å². The van der Waals surface area contributed by atoms with Crippen LogP contribution in [0.15, 0.2) is 18.2 Å². The van der Waals surface area contributed by atoms with Crippen molar-refractivity contribution in [3.05, 3.63) is 29.7 Å². The molecule has 0 radical (unpaired) electrons. The fourth-order valence-corrected chi connectivity index (χ4v) is 2.56. The third kappa shape index (κ3) is 1.90. The van der Waals surface area contributed by atoms with Gasteiger partial charge in [0, 0.05) is 17.8 Å². The van der Waals surface area contributed by atoms with Crippen LogP contribution >= 0.6 is 0 Å². The number of nitrogens with one attached hydrogen (secondary N) is 1. The van der Waals surface area contributed by atoms with Crippen molar-refractivity contribution in [1.29, 1.82) is 0 Å². The molecule has 5 heteroatoms. The van der Waals surface area contributed by atoms with Crippen LogP contribution in [0.1, 0.15) is 24.5 Å². The number of para-hydroxylation sites is 1. The van der Waals surface area contributed by atoms with Gasteiger partial charge in [-0.25, -0.2) is 14.4 Å². The first kappa shape index (κ1) is 11.3. The molecule has 1 unspecified atom stereocenters. The van der Waals surface area contributed by atoms with Crippen LogP contribution < -0.4 is 11.1 Å². The standard InChI is InChI=1S/C13H15FN4/c14-10-5-1-4-9-11(8-3-2-6-16-7-8)17-13(15)18-12(9)10/h1,4-5,8,16H,2-3,6-7H2,(H2,15,17,18). The molecular formula is C13H15FN4. The highest BCUT2D eigenvalue weighted by Gasteiger charge is 2.20. The van der Waals surface area contributed by atoms with E-state index >= 15 is 0 Å². The van der Waals surface area contributed by atoms with Gasteiger partial charge in [0.25, 0.3) is 0 Å². The van der Waals surface area contributed by atoms with Crippen LogP contribution in [-0.4, -0.2) is 23.1 Å². The second-order valence-electron chi connectivity index (χ2n) is 4.65. The number of nitrogens with two attached hydrogens (primary N) is 1. The molecule has 0 amide bonds. The summed E-state index contributed by atoms with van der Waals surface area (Å²) in [6.45, 7) is 1.89. The first-order valence-corrected chi connectivity index (χ1v) is 6.18. The topological polar surface area (TPSA) is 63.8 Å². The molecule has 3 rings (SSSR count). The number of halogens is 1. The number of benzene rings is 1. The highest BCUT2D eigenvalue weighted by atomic mass is 19.1. The van der Waals surface area contributed by atoms with Crippen molar-refractivity contribution < 1.29 is 4.39 Å². The molecule has 1 aliphatic heterocycles. The molecule has 0 bridgehead atoms.